The van der Waals surface area contributed by atoms with Crippen LogP contribution in [0.15, 0.2) is 65.9 Å². The lowest BCUT2D eigenvalue weighted by atomic mass is 9.97. The highest BCUT2D eigenvalue weighted by Crippen LogP contribution is 2.44. The van der Waals surface area contributed by atoms with Gasteiger partial charge in [0.25, 0.3) is 0 Å². The second-order valence-electron chi connectivity index (χ2n) is 7.33. The molecule has 0 saturated heterocycles. The van der Waals surface area contributed by atoms with Crippen LogP contribution in [0.2, 0.25) is 19.6 Å². The SMILES string of the molecule is C[Si](C)(C)C1=C(c2ccccc2)CCC1C(=O)c1ccccc1. The molecule has 0 spiro atoms. The summed E-state index contributed by atoms with van der Waals surface area (Å²) in [5.74, 6) is 0.369. The molecule has 1 atom stereocenters. The first-order valence-electron chi connectivity index (χ1n) is 8.36. The smallest absolute Gasteiger partial charge is 0.169 e. The average Bonchev–Trinajstić information content (AvgIpc) is 3.01. The molecule has 2 heteroatoms. The van der Waals surface area contributed by atoms with Crippen LogP contribution in [0.1, 0.15) is 28.8 Å². The summed E-state index contributed by atoms with van der Waals surface area (Å²) in [7, 11) is -1.57. The van der Waals surface area contributed by atoms with Crippen molar-refractivity contribution < 1.29 is 4.79 Å². The number of Topliss-reactive ketones (excluding diaryl/α,β-unsaturated/α-hetero) is 1. The molecule has 3 rings (SSSR count). The molecule has 118 valence electrons. The van der Waals surface area contributed by atoms with Crippen molar-refractivity contribution in [3.8, 4) is 0 Å². The third-order valence-electron chi connectivity index (χ3n) is 4.66. The Morgan fingerprint density at radius 1 is 0.913 bits per heavy atom. The Bertz CT molecular complexity index is 723. The predicted octanol–water partition coefficient (Wildman–Crippen LogP) is 5.61. The highest BCUT2D eigenvalue weighted by molar-refractivity contribution is 6.84. The van der Waals surface area contributed by atoms with Crippen molar-refractivity contribution in [1.29, 1.82) is 0 Å². The van der Waals surface area contributed by atoms with Crippen LogP contribution < -0.4 is 0 Å². The summed E-state index contributed by atoms with van der Waals surface area (Å²) in [6, 6.07) is 20.4. The lowest BCUT2D eigenvalue weighted by Crippen LogP contribution is -2.31. The van der Waals surface area contributed by atoms with Gasteiger partial charge in [0, 0.05) is 11.5 Å². The van der Waals surface area contributed by atoms with Crippen molar-refractivity contribution in [1.82, 2.24) is 0 Å². The fraction of sp³-hybridized carbons (Fsp3) is 0.286. The highest BCUT2D eigenvalue weighted by Gasteiger charge is 2.38. The van der Waals surface area contributed by atoms with Crippen LogP contribution in [0.3, 0.4) is 0 Å². The van der Waals surface area contributed by atoms with Crippen LogP contribution in [0, 0.1) is 5.92 Å². The van der Waals surface area contributed by atoms with Gasteiger partial charge >= 0.3 is 0 Å². The van der Waals surface area contributed by atoms with Gasteiger partial charge in [0.05, 0.1) is 8.07 Å². The highest BCUT2D eigenvalue weighted by atomic mass is 28.3. The topological polar surface area (TPSA) is 17.1 Å². The Labute approximate surface area is 140 Å². The molecule has 0 heterocycles. The van der Waals surface area contributed by atoms with Crippen LogP contribution in [0.4, 0.5) is 0 Å². The van der Waals surface area contributed by atoms with Gasteiger partial charge in [-0.15, -0.1) is 0 Å². The Balaban J connectivity index is 2.06. The van der Waals surface area contributed by atoms with E-state index in [-0.39, 0.29) is 5.92 Å². The monoisotopic (exact) mass is 320 g/mol. The van der Waals surface area contributed by atoms with Gasteiger partial charge in [0.2, 0.25) is 0 Å². The molecule has 0 saturated carbocycles. The van der Waals surface area contributed by atoms with Crippen molar-refractivity contribution in [2.24, 2.45) is 5.92 Å². The number of hydrogen-bond donors (Lipinski definition) is 0. The van der Waals surface area contributed by atoms with Crippen molar-refractivity contribution >= 4 is 19.4 Å². The zero-order valence-electron chi connectivity index (χ0n) is 14.2. The van der Waals surface area contributed by atoms with Gasteiger partial charge in [-0.25, -0.2) is 0 Å². The number of rotatable bonds is 4. The number of hydrogen-bond acceptors (Lipinski definition) is 1. The summed E-state index contributed by atoms with van der Waals surface area (Å²) < 4.78 is 0. The third-order valence-corrected chi connectivity index (χ3v) is 6.93. The summed E-state index contributed by atoms with van der Waals surface area (Å²) in [5, 5.41) is 1.46. The normalized spacial score (nSPS) is 18.3. The predicted molar refractivity (Wildman–Crippen MR) is 100 cm³/mol. The van der Waals surface area contributed by atoms with Gasteiger partial charge in [0.1, 0.15) is 0 Å². The van der Waals surface area contributed by atoms with Gasteiger partial charge in [0.15, 0.2) is 5.78 Å². The Hall–Kier alpha value is -1.93. The molecular weight excluding hydrogens is 296 g/mol. The first-order valence-corrected chi connectivity index (χ1v) is 11.9. The molecule has 1 unspecified atom stereocenters. The second-order valence-corrected chi connectivity index (χ2v) is 12.4. The third kappa shape index (κ3) is 3.23. The standard InChI is InChI=1S/C21H24OSi/c1-23(2,3)21-18(16-10-6-4-7-11-16)14-15-19(21)20(22)17-12-8-5-9-13-17/h4-13,19H,14-15H2,1-3H3. The Morgan fingerprint density at radius 2 is 1.48 bits per heavy atom. The van der Waals surface area contributed by atoms with Crippen LogP contribution in [-0.4, -0.2) is 13.9 Å². The molecule has 0 bridgehead atoms. The number of allylic oxidation sites excluding steroid dienone is 2. The molecule has 23 heavy (non-hydrogen) atoms. The number of carbonyl (C=O) groups excluding carboxylic acids is 1. The maximum atomic E-state index is 13.1. The van der Waals surface area contributed by atoms with E-state index in [1.807, 2.05) is 30.3 Å². The Kier molecular flexibility index (Phi) is 4.36. The van der Waals surface area contributed by atoms with E-state index in [0.29, 0.717) is 5.78 Å². The van der Waals surface area contributed by atoms with E-state index in [9.17, 15) is 4.79 Å². The average molecular weight is 321 g/mol. The molecule has 0 aliphatic heterocycles. The fourth-order valence-corrected chi connectivity index (χ4v) is 6.25. The zero-order valence-corrected chi connectivity index (χ0v) is 15.2. The molecule has 0 fully saturated rings. The number of carbonyl (C=O) groups is 1. The van der Waals surface area contributed by atoms with Crippen molar-refractivity contribution in [2.45, 2.75) is 32.5 Å². The first kappa shape index (κ1) is 15.9. The maximum Gasteiger partial charge on any atom is 0.169 e. The molecule has 1 aliphatic rings. The van der Waals surface area contributed by atoms with Crippen LogP contribution in [0.5, 0.6) is 0 Å². The molecule has 1 aliphatic carbocycles. The second kappa shape index (κ2) is 6.29. The molecule has 0 amide bonds. The molecule has 2 aromatic rings. The number of benzene rings is 2. The van der Waals surface area contributed by atoms with Gasteiger partial charge in [-0.05, 0) is 24.0 Å². The minimum atomic E-state index is -1.57. The van der Waals surface area contributed by atoms with Crippen LogP contribution in [-0.2, 0) is 0 Å². The van der Waals surface area contributed by atoms with Crippen LogP contribution >= 0.6 is 0 Å². The first-order chi connectivity index (χ1) is 11.0. The number of ketones is 1. The van der Waals surface area contributed by atoms with E-state index in [1.54, 1.807) is 0 Å². The summed E-state index contributed by atoms with van der Waals surface area (Å²) in [4.78, 5) is 13.1. The van der Waals surface area contributed by atoms with Crippen LogP contribution in [0.25, 0.3) is 5.57 Å². The quantitative estimate of drug-likeness (QED) is 0.528. The van der Waals surface area contributed by atoms with Crippen molar-refractivity contribution in [3.63, 3.8) is 0 Å². The molecule has 0 radical (unpaired) electrons. The summed E-state index contributed by atoms with van der Waals surface area (Å²) in [5.41, 5.74) is 3.58. The van der Waals surface area contributed by atoms with E-state index < -0.39 is 8.07 Å². The molecule has 0 aromatic heterocycles. The zero-order chi connectivity index (χ0) is 16.4. The van der Waals surface area contributed by atoms with Crippen molar-refractivity contribution in [2.75, 3.05) is 0 Å². The lowest BCUT2D eigenvalue weighted by Gasteiger charge is -2.26. The van der Waals surface area contributed by atoms with E-state index in [2.05, 4.69) is 50.0 Å². The fourth-order valence-electron chi connectivity index (χ4n) is 3.76. The van der Waals surface area contributed by atoms with E-state index >= 15 is 0 Å². The molecule has 2 aromatic carbocycles. The van der Waals surface area contributed by atoms with E-state index in [1.165, 1.54) is 16.3 Å². The molecule has 1 nitrogen and oxygen atoms in total. The molecule has 0 N–H and O–H groups in total. The molecular formula is C21H24OSi. The summed E-state index contributed by atoms with van der Waals surface area (Å²) in [6.07, 6.45) is 1.98. The lowest BCUT2D eigenvalue weighted by molar-refractivity contribution is 0.0942. The van der Waals surface area contributed by atoms with Crippen molar-refractivity contribution in [3.05, 3.63) is 77.0 Å². The van der Waals surface area contributed by atoms with Gasteiger partial charge in [-0.3, -0.25) is 4.79 Å². The minimum absolute atomic E-state index is 0.0688. The van der Waals surface area contributed by atoms with E-state index in [0.717, 1.165) is 18.4 Å². The Morgan fingerprint density at radius 3 is 2.04 bits per heavy atom. The van der Waals surface area contributed by atoms with Gasteiger partial charge in [-0.1, -0.05) is 85.5 Å². The summed E-state index contributed by atoms with van der Waals surface area (Å²) in [6.45, 7) is 7.09. The minimum Gasteiger partial charge on any atom is -0.294 e. The maximum absolute atomic E-state index is 13.1. The van der Waals surface area contributed by atoms with Gasteiger partial charge < -0.3 is 0 Å². The summed E-state index contributed by atoms with van der Waals surface area (Å²) >= 11 is 0. The van der Waals surface area contributed by atoms with Gasteiger partial charge in [-0.2, -0.15) is 0 Å². The largest absolute Gasteiger partial charge is 0.294 e. The van der Waals surface area contributed by atoms with E-state index in [4.69, 9.17) is 0 Å².